The third kappa shape index (κ3) is 4.62. The minimum atomic E-state index is -0.710. The molecule has 0 saturated heterocycles. The smallest absolute Gasteiger partial charge is 0.350 e. The predicted octanol–water partition coefficient (Wildman–Crippen LogP) is 3.74. The van der Waals surface area contributed by atoms with E-state index in [1.54, 1.807) is 7.05 Å². The lowest BCUT2D eigenvalue weighted by atomic mass is 10.1. The van der Waals surface area contributed by atoms with Gasteiger partial charge in [-0.3, -0.25) is 9.36 Å². The van der Waals surface area contributed by atoms with Crippen LogP contribution in [0.5, 0.6) is 5.75 Å². The first-order chi connectivity index (χ1) is 16.3. The standard InChI is InChI=1S/C26H31FN4O3/c1-5-9-16(3)34-23-15-22(31-26(33)30(4)24(6-2)29-31)21(27)14-20(23)25(32)28-19-12-17-10-7-8-11-18(17)13-19/h7-8,10-11,14-16,19H,5-6,9,12-13H2,1-4H3,(H,28,32)/t16-/m0/s1. The van der Waals surface area contributed by atoms with Gasteiger partial charge in [0.05, 0.1) is 11.7 Å². The van der Waals surface area contributed by atoms with Gasteiger partial charge in [-0.15, -0.1) is 5.10 Å². The minimum absolute atomic E-state index is 0.0381. The number of halogens is 1. The van der Waals surface area contributed by atoms with Crippen molar-refractivity contribution < 1.29 is 13.9 Å². The number of aromatic nitrogens is 3. The summed E-state index contributed by atoms with van der Waals surface area (Å²) in [5.41, 5.74) is 2.04. The highest BCUT2D eigenvalue weighted by Gasteiger charge is 2.26. The second-order valence-corrected chi connectivity index (χ2v) is 8.89. The molecule has 3 aromatic rings. The molecule has 1 amide bonds. The average Bonchev–Trinajstić information content (AvgIpc) is 3.34. The molecule has 0 bridgehead atoms. The van der Waals surface area contributed by atoms with Crippen molar-refractivity contribution in [3.63, 3.8) is 0 Å². The Hall–Kier alpha value is -3.42. The van der Waals surface area contributed by atoms with E-state index < -0.39 is 17.4 Å². The van der Waals surface area contributed by atoms with Crippen LogP contribution in [0.2, 0.25) is 0 Å². The molecule has 8 heteroatoms. The van der Waals surface area contributed by atoms with E-state index in [4.69, 9.17) is 4.74 Å². The van der Waals surface area contributed by atoms with Gasteiger partial charge >= 0.3 is 5.69 Å². The molecule has 0 unspecified atom stereocenters. The normalized spacial score (nSPS) is 14.1. The highest BCUT2D eigenvalue weighted by atomic mass is 19.1. The van der Waals surface area contributed by atoms with Crippen molar-refractivity contribution in [1.29, 1.82) is 0 Å². The van der Waals surface area contributed by atoms with Gasteiger partial charge in [0.25, 0.3) is 5.91 Å². The van der Waals surface area contributed by atoms with Gasteiger partial charge in [0, 0.05) is 25.6 Å². The number of nitrogens with zero attached hydrogens (tertiary/aromatic N) is 3. The Morgan fingerprint density at radius 1 is 1.24 bits per heavy atom. The molecule has 0 spiro atoms. The maximum atomic E-state index is 15.3. The molecule has 0 radical (unpaired) electrons. The third-order valence-corrected chi connectivity index (χ3v) is 6.32. The maximum Gasteiger partial charge on any atom is 0.350 e. The summed E-state index contributed by atoms with van der Waals surface area (Å²) >= 11 is 0. The van der Waals surface area contributed by atoms with Crippen LogP contribution in [0, 0.1) is 5.82 Å². The molecule has 1 atom stereocenters. The predicted molar refractivity (Wildman–Crippen MR) is 128 cm³/mol. The number of rotatable bonds is 8. The highest BCUT2D eigenvalue weighted by Crippen LogP contribution is 2.28. The van der Waals surface area contributed by atoms with E-state index in [1.165, 1.54) is 21.8 Å². The Morgan fingerprint density at radius 3 is 2.50 bits per heavy atom. The SMILES string of the molecule is CCC[C@H](C)Oc1cc(-n2nc(CC)n(C)c2=O)c(F)cc1C(=O)NC1Cc2ccccc2C1. The summed E-state index contributed by atoms with van der Waals surface area (Å²) in [6.45, 7) is 5.82. The Kier molecular flexibility index (Phi) is 6.86. The van der Waals surface area contributed by atoms with Gasteiger partial charge in [-0.1, -0.05) is 44.5 Å². The summed E-state index contributed by atoms with van der Waals surface area (Å²) in [5, 5.41) is 7.30. The molecule has 34 heavy (non-hydrogen) atoms. The summed E-state index contributed by atoms with van der Waals surface area (Å²) < 4.78 is 23.8. The van der Waals surface area contributed by atoms with Gasteiger partial charge in [-0.2, -0.15) is 4.68 Å². The van der Waals surface area contributed by atoms with E-state index >= 15 is 4.39 Å². The number of carbonyl (C=O) groups excluding carboxylic acids is 1. The fourth-order valence-electron chi connectivity index (χ4n) is 4.53. The van der Waals surface area contributed by atoms with Crippen LogP contribution in [0.3, 0.4) is 0 Å². The van der Waals surface area contributed by atoms with E-state index in [2.05, 4.69) is 22.5 Å². The number of carbonyl (C=O) groups is 1. The molecule has 180 valence electrons. The van der Waals surface area contributed by atoms with E-state index in [9.17, 15) is 9.59 Å². The molecular weight excluding hydrogens is 435 g/mol. The van der Waals surface area contributed by atoms with Gasteiger partial charge in [0.1, 0.15) is 23.1 Å². The summed E-state index contributed by atoms with van der Waals surface area (Å²) in [6.07, 6.45) is 3.48. The van der Waals surface area contributed by atoms with Crippen LogP contribution in [0.25, 0.3) is 5.69 Å². The van der Waals surface area contributed by atoms with Crippen molar-refractivity contribution in [2.45, 2.75) is 65.0 Å². The topological polar surface area (TPSA) is 78.2 Å². The number of aryl methyl sites for hydroxylation is 1. The molecule has 0 aliphatic heterocycles. The zero-order valence-corrected chi connectivity index (χ0v) is 20.1. The van der Waals surface area contributed by atoms with E-state index in [0.717, 1.165) is 36.4 Å². The highest BCUT2D eigenvalue weighted by molar-refractivity contribution is 5.97. The molecule has 2 aromatic carbocycles. The van der Waals surface area contributed by atoms with Crippen molar-refractivity contribution in [3.8, 4) is 11.4 Å². The Balaban J connectivity index is 1.68. The number of fused-ring (bicyclic) bond motifs is 1. The zero-order chi connectivity index (χ0) is 24.4. The number of benzene rings is 2. The van der Waals surface area contributed by atoms with Crippen molar-refractivity contribution >= 4 is 5.91 Å². The van der Waals surface area contributed by atoms with Gasteiger partial charge in [-0.05, 0) is 43.4 Å². The lowest BCUT2D eigenvalue weighted by Crippen LogP contribution is -2.36. The molecule has 0 fully saturated rings. The monoisotopic (exact) mass is 466 g/mol. The Morgan fingerprint density at radius 2 is 1.91 bits per heavy atom. The van der Waals surface area contributed by atoms with E-state index in [1.807, 2.05) is 32.9 Å². The molecule has 1 heterocycles. The quantitative estimate of drug-likeness (QED) is 0.549. The maximum absolute atomic E-state index is 15.3. The van der Waals surface area contributed by atoms with Crippen LogP contribution < -0.4 is 15.7 Å². The number of hydrogen-bond acceptors (Lipinski definition) is 4. The van der Waals surface area contributed by atoms with Crippen molar-refractivity contribution in [1.82, 2.24) is 19.7 Å². The molecule has 1 N–H and O–H groups in total. The van der Waals surface area contributed by atoms with Crippen molar-refractivity contribution in [3.05, 3.63) is 75.2 Å². The fraction of sp³-hybridized carbons (Fsp3) is 0.423. The van der Waals surface area contributed by atoms with Gasteiger partial charge in [0.15, 0.2) is 0 Å². The van der Waals surface area contributed by atoms with Crippen LogP contribution in [-0.2, 0) is 26.3 Å². The van der Waals surface area contributed by atoms with Crippen molar-refractivity contribution in [2.75, 3.05) is 0 Å². The first kappa shape index (κ1) is 23.7. The molecule has 4 rings (SSSR count). The largest absolute Gasteiger partial charge is 0.490 e. The van der Waals surface area contributed by atoms with Crippen LogP contribution in [-0.4, -0.2) is 32.4 Å². The Labute approximate surface area is 198 Å². The summed E-state index contributed by atoms with van der Waals surface area (Å²) in [4.78, 5) is 25.9. The first-order valence-corrected chi connectivity index (χ1v) is 11.8. The molecule has 0 saturated carbocycles. The van der Waals surface area contributed by atoms with Gasteiger partial charge < -0.3 is 10.1 Å². The van der Waals surface area contributed by atoms with E-state index in [-0.39, 0.29) is 29.1 Å². The molecule has 1 aliphatic carbocycles. The summed E-state index contributed by atoms with van der Waals surface area (Å²) in [6, 6.07) is 10.6. The summed E-state index contributed by atoms with van der Waals surface area (Å²) in [7, 11) is 1.60. The lowest BCUT2D eigenvalue weighted by Gasteiger charge is -2.19. The number of ether oxygens (including phenoxy) is 1. The van der Waals surface area contributed by atoms with Crippen LogP contribution in [0.1, 0.15) is 60.9 Å². The summed E-state index contributed by atoms with van der Waals surface area (Å²) in [5.74, 6) is -0.336. The Bertz CT molecular complexity index is 1240. The molecule has 1 aromatic heterocycles. The van der Waals surface area contributed by atoms with Gasteiger partial charge in [-0.25, -0.2) is 9.18 Å². The molecular formula is C26H31FN4O3. The molecule has 1 aliphatic rings. The average molecular weight is 467 g/mol. The van der Waals surface area contributed by atoms with Crippen LogP contribution >= 0.6 is 0 Å². The number of hydrogen-bond donors (Lipinski definition) is 1. The zero-order valence-electron chi connectivity index (χ0n) is 20.1. The van der Waals surface area contributed by atoms with Crippen molar-refractivity contribution in [2.24, 2.45) is 7.05 Å². The second kappa shape index (κ2) is 9.83. The number of nitrogens with one attached hydrogen (secondary N) is 1. The molecule has 7 nitrogen and oxygen atoms in total. The fourth-order valence-corrected chi connectivity index (χ4v) is 4.53. The van der Waals surface area contributed by atoms with E-state index in [0.29, 0.717) is 12.2 Å². The number of amides is 1. The van der Waals surface area contributed by atoms with Crippen LogP contribution in [0.4, 0.5) is 4.39 Å². The second-order valence-electron chi connectivity index (χ2n) is 8.89. The van der Waals surface area contributed by atoms with Crippen LogP contribution in [0.15, 0.2) is 41.2 Å². The lowest BCUT2D eigenvalue weighted by molar-refractivity contribution is 0.0931. The minimum Gasteiger partial charge on any atom is -0.490 e. The first-order valence-electron chi connectivity index (χ1n) is 11.8. The third-order valence-electron chi connectivity index (χ3n) is 6.32. The van der Waals surface area contributed by atoms with Gasteiger partial charge in [0.2, 0.25) is 0 Å².